The number of fused-ring (bicyclic) bond motifs is 1. The second-order valence-electron chi connectivity index (χ2n) is 4.34. The van der Waals surface area contributed by atoms with Gasteiger partial charge < -0.3 is 0 Å². The van der Waals surface area contributed by atoms with E-state index in [1.165, 1.54) is 12.2 Å². The third kappa shape index (κ3) is 2.05. The summed E-state index contributed by atoms with van der Waals surface area (Å²) in [5, 5.41) is 0. The van der Waals surface area contributed by atoms with Crippen LogP contribution in [0, 0.1) is 5.92 Å². The lowest BCUT2D eigenvalue weighted by molar-refractivity contribution is -0.121. The van der Waals surface area contributed by atoms with Crippen LogP contribution in [0.2, 0.25) is 18.1 Å². The average molecular weight is 271 g/mol. The van der Waals surface area contributed by atoms with Crippen LogP contribution in [0.1, 0.15) is 0 Å². The quantitative estimate of drug-likeness (QED) is 0.353. The third-order valence-corrected chi connectivity index (χ3v) is 5.82. The van der Waals surface area contributed by atoms with Crippen LogP contribution >= 0.6 is 0 Å². The van der Waals surface area contributed by atoms with Crippen molar-refractivity contribution in [2.24, 2.45) is 5.92 Å². The zero-order chi connectivity index (χ0) is 13.0. The first kappa shape index (κ1) is 12.7. The standard InChI is InChI=1S/C10H9F6Si/c1-17-4-5-2-3-6(17)8(10(14,15)16)7(5)9(11,12)13/h2-3,5-6H,4H2,1H3. The van der Waals surface area contributed by atoms with Crippen molar-refractivity contribution in [3.8, 4) is 0 Å². The molecule has 3 rings (SSSR count). The van der Waals surface area contributed by atoms with Crippen molar-refractivity contribution < 1.29 is 26.3 Å². The smallest absolute Gasteiger partial charge is 0.166 e. The maximum Gasteiger partial charge on any atom is 0.413 e. The normalized spacial score (nSPS) is 30.3. The number of rotatable bonds is 0. The van der Waals surface area contributed by atoms with Gasteiger partial charge in [-0.15, -0.1) is 0 Å². The second kappa shape index (κ2) is 3.63. The molecule has 0 aromatic heterocycles. The summed E-state index contributed by atoms with van der Waals surface area (Å²) >= 11 is 0. The summed E-state index contributed by atoms with van der Waals surface area (Å²) in [7, 11) is -1.42. The first-order chi connectivity index (χ1) is 7.62. The molecule has 17 heavy (non-hydrogen) atoms. The van der Waals surface area contributed by atoms with Gasteiger partial charge in [-0.3, -0.25) is 0 Å². The van der Waals surface area contributed by atoms with Gasteiger partial charge in [0.25, 0.3) is 0 Å². The molecule has 0 N–H and O–H groups in total. The molecular formula is C10H9F6Si. The van der Waals surface area contributed by atoms with Gasteiger partial charge in [0.2, 0.25) is 0 Å². The largest absolute Gasteiger partial charge is 0.413 e. The van der Waals surface area contributed by atoms with Crippen LogP contribution in [0.3, 0.4) is 0 Å². The maximum atomic E-state index is 12.8. The monoisotopic (exact) mass is 271 g/mol. The van der Waals surface area contributed by atoms with E-state index in [1.54, 1.807) is 6.55 Å². The lowest BCUT2D eigenvalue weighted by Gasteiger charge is -2.40. The van der Waals surface area contributed by atoms with Gasteiger partial charge in [-0.25, -0.2) is 0 Å². The van der Waals surface area contributed by atoms with Crippen LogP contribution in [-0.4, -0.2) is 21.1 Å². The lowest BCUT2D eigenvalue weighted by Crippen LogP contribution is -2.40. The Morgan fingerprint density at radius 1 is 1.00 bits per heavy atom. The minimum atomic E-state index is -4.89. The molecule has 1 aliphatic carbocycles. The van der Waals surface area contributed by atoms with Crippen LogP contribution in [0.15, 0.2) is 23.3 Å². The Labute approximate surface area is 95.6 Å². The Kier molecular flexibility index (Phi) is 2.72. The van der Waals surface area contributed by atoms with Crippen molar-refractivity contribution in [1.29, 1.82) is 0 Å². The lowest BCUT2D eigenvalue weighted by atomic mass is 9.86. The second-order valence-corrected chi connectivity index (χ2v) is 7.07. The summed E-state index contributed by atoms with van der Waals surface area (Å²) in [4.78, 5) is 0. The predicted octanol–water partition coefficient (Wildman–Crippen LogP) is 4.10. The Bertz CT molecular complexity index is 389. The molecule has 0 nitrogen and oxygen atoms in total. The molecule has 2 unspecified atom stereocenters. The van der Waals surface area contributed by atoms with Crippen molar-refractivity contribution in [2.75, 3.05) is 0 Å². The number of alkyl halides is 6. The fraction of sp³-hybridized carbons (Fsp3) is 0.600. The summed E-state index contributed by atoms with van der Waals surface area (Å²) in [6, 6.07) is 0.236. The van der Waals surface area contributed by atoms with Gasteiger partial charge in [-0.2, -0.15) is 26.3 Å². The van der Waals surface area contributed by atoms with E-state index in [0.29, 0.717) is 0 Å². The summed E-state index contributed by atoms with van der Waals surface area (Å²) in [6.45, 7) is 1.66. The predicted molar refractivity (Wildman–Crippen MR) is 51.9 cm³/mol. The minimum Gasteiger partial charge on any atom is -0.166 e. The summed E-state index contributed by atoms with van der Waals surface area (Å²) < 4.78 is 76.5. The van der Waals surface area contributed by atoms with Gasteiger partial charge in [0, 0.05) is 22.6 Å². The summed E-state index contributed by atoms with van der Waals surface area (Å²) in [5.41, 5.74) is -3.77. The number of allylic oxidation sites excluding steroid dienone is 4. The summed E-state index contributed by atoms with van der Waals surface area (Å²) in [5.74, 6) is -1.10. The Hall–Kier alpha value is -0.723. The molecule has 7 heteroatoms. The molecule has 1 radical (unpaired) electrons. The van der Waals surface area contributed by atoms with Gasteiger partial charge in [-0.1, -0.05) is 18.7 Å². The Balaban J connectivity index is 2.59. The molecule has 0 amide bonds. The van der Waals surface area contributed by atoms with Crippen molar-refractivity contribution in [3.05, 3.63) is 23.3 Å². The molecule has 95 valence electrons. The van der Waals surface area contributed by atoms with Gasteiger partial charge >= 0.3 is 12.4 Å². The van der Waals surface area contributed by atoms with Crippen LogP contribution in [0.5, 0.6) is 0 Å². The molecule has 2 heterocycles. The number of halogens is 6. The van der Waals surface area contributed by atoms with Gasteiger partial charge in [0.05, 0.1) is 8.80 Å². The van der Waals surface area contributed by atoms with E-state index < -0.39 is 43.8 Å². The molecular weight excluding hydrogens is 262 g/mol. The molecule has 2 bridgehead atoms. The van der Waals surface area contributed by atoms with Crippen molar-refractivity contribution >= 4 is 8.80 Å². The molecule has 2 aliphatic heterocycles. The van der Waals surface area contributed by atoms with Gasteiger partial charge in [0.1, 0.15) is 0 Å². The van der Waals surface area contributed by atoms with Crippen LogP contribution in [0.4, 0.5) is 26.3 Å². The number of hydrogen-bond donors (Lipinski definition) is 0. The SMILES string of the molecule is C[Si]1CC2C=CC1C(C(F)(F)F)=C2C(F)(F)F. The van der Waals surface area contributed by atoms with Crippen molar-refractivity contribution in [3.63, 3.8) is 0 Å². The van der Waals surface area contributed by atoms with E-state index in [0.717, 1.165) is 0 Å². The zero-order valence-electron chi connectivity index (χ0n) is 8.78. The maximum absolute atomic E-state index is 12.8. The topological polar surface area (TPSA) is 0 Å². The molecule has 0 aromatic carbocycles. The highest BCUT2D eigenvalue weighted by Gasteiger charge is 2.55. The minimum absolute atomic E-state index is 0.236. The van der Waals surface area contributed by atoms with Crippen LogP contribution in [0.25, 0.3) is 0 Å². The molecule has 0 fully saturated rings. The van der Waals surface area contributed by atoms with Gasteiger partial charge in [-0.05, 0) is 6.04 Å². The van der Waals surface area contributed by atoms with E-state index >= 15 is 0 Å². The Morgan fingerprint density at radius 3 is 1.94 bits per heavy atom. The molecule has 2 atom stereocenters. The van der Waals surface area contributed by atoms with Crippen LogP contribution in [-0.2, 0) is 0 Å². The molecule has 0 saturated heterocycles. The molecule has 0 spiro atoms. The van der Waals surface area contributed by atoms with E-state index in [2.05, 4.69) is 0 Å². The average Bonchev–Trinajstić information content (AvgIpc) is 2.13. The summed E-state index contributed by atoms with van der Waals surface area (Å²) in [6.07, 6.45) is -7.19. The Morgan fingerprint density at radius 2 is 1.53 bits per heavy atom. The van der Waals surface area contributed by atoms with Crippen LogP contribution < -0.4 is 0 Å². The van der Waals surface area contributed by atoms with Crippen molar-refractivity contribution in [1.82, 2.24) is 0 Å². The zero-order valence-corrected chi connectivity index (χ0v) is 9.78. The van der Waals surface area contributed by atoms with E-state index in [-0.39, 0.29) is 6.04 Å². The highest BCUT2D eigenvalue weighted by molar-refractivity contribution is 6.61. The number of hydrogen-bond acceptors (Lipinski definition) is 0. The fourth-order valence-electron chi connectivity index (χ4n) is 2.55. The van der Waals surface area contributed by atoms with E-state index in [4.69, 9.17) is 0 Å². The molecule has 0 saturated carbocycles. The van der Waals surface area contributed by atoms with E-state index in [1.807, 2.05) is 0 Å². The third-order valence-electron chi connectivity index (χ3n) is 3.19. The fourth-order valence-corrected chi connectivity index (χ4v) is 5.09. The molecule has 3 aliphatic rings. The van der Waals surface area contributed by atoms with E-state index in [9.17, 15) is 26.3 Å². The first-order valence-corrected chi connectivity index (χ1v) is 7.30. The van der Waals surface area contributed by atoms with Gasteiger partial charge in [0.15, 0.2) is 0 Å². The first-order valence-electron chi connectivity index (χ1n) is 5.01. The highest BCUT2D eigenvalue weighted by atomic mass is 28.3. The molecule has 0 aromatic rings. The highest BCUT2D eigenvalue weighted by Crippen LogP contribution is 2.54. The van der Waals surface area contributed by atoms with Crippen molar-refractivity contribution in [2.45, 2.75) is 30.5 Å².